The lowest BCUT2D eigenvalue weighted by Gasteiger charge is -2.41. The maximum atomic E-state index is 9.12. The van der Waals surface area contributed by atoms with E-state index in [0.717, 1.165) is 31.8 Å². The predicted octanol–water partition coefficient (Wildman–Crippen LogP) is 2.93. The van der Waals surface area contributed by atoms with Crippen molar-refractivity contribution in [2.24, 2.45) is 0 Å². The molecule has 2 aromatic rings. The van der Waals surface area contributed by atoms with Crippen molar-refractivity contribution in [3.8, 4) is 0 Å². The first kappa shape index (κ1) is 15.2. The van der Waals surface area contributed by atoms with Crippen LogP contribution in [0.1, 0.15) is 23.6 Å². The molecule has 3 heteroatoms. The van der Waals surface area contributed by atoms with Gasteiger partial charge < -0.3 is 9.84 Å². The zero-order chi connectivity index (χ0) is 15.4. The molecule has 116 valence electrons. The van der Waals surface area contributed by atoms with Gasteiger partial charge in [-0.25, -0.2) is 0 Å². The first-order valence-corrected chi connectivity index (χ1v) is 7.80. The minimum Gasteiger partial charge on any atom is -0.392 e. The van der Waals surface area contributed by atoms with Crippen LogP contribution in [0, 0.1) is 0 Å². The van der Waals surface area contributed by atoms with Crippen LogP contribution in [0.5, 0.6) is 0 Å². The third kappa shape index (κ3) is 3.38. The number of rotatable bonds is 4. The molecule has 2 aromatic carbocycles. The van der Waals surface area contributed by atoms with Crippen LogP contribution in [0.2, 0.25) is 0 Å². The minimum atomic E-state index is -0.245. The molecule has 0 bridgehead atoms. The van der Waals surface area contributed by atoms with Crippen LogP contribution < -0.4 is 0 Å². The van der Waals surface area contributed by atoms with E-state index in [1.165, 1.54) is 11.1 Å². The van der Waals surface area contributed by atoms with Gasteiger partial charge in [0.15, 0.2) is 0 Å². The van der Waals surface area contributed by atoms with Gasteiger partial charge in [-0.3, -0.25) is 4.90 Å². The average molecular weight is 297 g/mol. The molecule has 0 amide bonds. The van der Waals surface area contributed by atoms with Crippen LogP contribution in [0.15, 0.2) is 54.6 Å². The maximum Gasteiger partial charge on any atom is 0.103 e. The van der Waals surface area contributed by atoms with Gasteiger partial charge in [0, 0.05) is 19.6 Å². The van der Waals surface area contributed by atoms with Gasteiger partial charge in [-0.2, -0.15) is 0 Å². The summed E-state index contributed by atoms with van der Waals surface area (Å²) in [5.41, 5.74) is 3.22. The Hall–Kier alpha value is -1.68. The molecule has 0 aromatic heterocycles. The summed E-state index contributed by atoms with van der Waals surface area (Å²) in [5, 5.41) is 9.12. The van der Waals surface area contributed by atoms with Crippen molar-refractivity contribution in [1.29, 1.82) is 0 Å². The van der Waals surface area contributed by atoms with Crippen molar-refractivity contribution < 1.29 is 9.84 Å². The largest absolute Gasteiger partial charge is 0.392 e. The molecular weight excluding hydrogens is 274 g/mol. The highest BCUT2D eigenvalue weighted by Gasteiger charge is 2.33. The fourth-order valence-electron chi connectivity index (χ4n) is 3.06. The van der Waals surface area contributed by atoms with Crippen LogP contribution in [-0.4, -0.2) is 29.7 Å². The Labute approximate surface area is 132 Å². The lowest BCUT2D eigenvalue weighted by atomic mass is 9.93. The summed E-state index contributed by atoms with van der Waals surface area (Å²) in [7, 11) is 0. The maximum absolute atomic E-state index is 9.12. The lowest BCUT2D eigenvalue weighted by Crippen LogP contribution is -2.47. The molecule has 1 aliphatic rings. The SMILES string of the molecule is CC1(c2ccccc2)CN(Cc2ccc(CO)cc2)CCO1. The molecule has 0 saturated carbocycles. The van der Waals surface area contributed by atoms with Crippen LogP contribution in [0.25, 0.3) is 0 Å². The smallest absolute Gasteiger partial charge is 0.103 e. The molecule has 3 rings (SSSR count). The van der Waals surface area contributed by atoms with Crippen molar-refractivity contribution in [2.45, 2.75) is 25.7 Å². The lowest BCUT2D eigenvalue weighted by molar-refractivity contribution is -0.105. The zero-order valence-electron chi connectivity index (χ0n) is 13.0. The predicted molar refractivity (Wildman–Crippen MR) is 87.4 cm³/mol. The summed E-state index contributed by atoms with van der Waals surface area (Å²) in [6.45, 7) is 5.77. The van der Waals surface area contributed by atoms with Gasteiger partial charge in [-0.05, 0) is 23.6 Å². The second-order valence-corrected chi connectivity index (χ2v) is 6.13. The molecule has 1 fully saturated rings. The Bertz CT molecular complexity index is 597. The summed E-state index contributed by atoms with van der Waals surface area (Å²) in [4.78, 5) is 2.43. The first-order chi connectivity index (χ1) is 10.7. The van der Waals surface area contributed by atoms with Gasteiger partial charge in [-0.1, -0.05) is 54.6 Å². The van der Waals surface area contributed by atoms with E-state index in [1.54, 1.807) is 0 Å². The molecule has 1 unspecified atom stereocenters. The van der Waals surface area contributed by atoms with Gasteiger partial charge in [0.05, 0.1) is 13.2 Å². The second kappa shape index (κ2) is 6.61. The number of ether oxygens (including phenoxy) is 1. The zero-order valence-corrected chi connectivity index (χ0v) is 13.0. The number of benzene rings is 2. The van der Waals surface area contributed by atoms with E-state index in [0.29, 0.717) is 0 Å². The molecule has 0 spiro atoms. The minimum absolute atomic E-state index is 0.101. The fraction of sp³-hybridized carbons (Fsp3) is 0.368. The standard InChI is InChI=1S/C19H23NO2/c1-19(18-5-3-2-4-6-18)15-20(11-12-22-19)13-16-7-9-17(14-21)10-8-16/h2-10,21H,11-15H2,1H3. The van der Waals surface area contributed by atoms with Gasteiger partial charge in [-0.15, -0.1) is 0 Å². The van der Waals surface area contributed by atoms with E-state index in [1.807, 2.05) is 18.2 Å². The van der Waals surface area contributed by atoms with Crippen molar-refractivity contribution in [3.05, 3.63) is 71.3 Å². The Balaban J connectivity index is 1.70. The van der Waals surface area contributed by atoms with E-state index < -0.39 is 0 Å². The second-order valence-electron chi connectivity index (χ2n) is 6.13. The summed E-state index contributed by atoms with van der Waals surface area (Å²) >= 11 is 0. The van der Waals surface area contributed by atoms with E-state index in [9.17, 15) is 0 Å². The van der Waals surface area contributed by atoms with Gasteiger partial charge >= 0.3 is 0 Å². The van der Waals surface area contributed by atoms with Crippen LogP contribution >= 0.6 is 0 Å². The molecule has 22 heavy (non-hydrogen) atoms. The third-order valence-electron chi connectivity index (χ3n) is 4.35. The van der Waals surface area contributed by atoms with Crippen molar-refractivity contribution in [2.75, 3.05) is 19.7 Å². The summed E-state index contributed by atoms with van der Waals surface area (Å²) in [6.07, 6.45) is 0. The number of aliphatic hydroxyl groups is 1. The van der Waals surface area contributed by atoms with Crippen LogP contribution in [-0.2, 0) is 23.5 Å². The Kier molecular flexibility index (Phi) is 4.57. The molecular formula is C19H23NO2. The highest BCUT2D eigenvalue weighted by Crippen LogP contribution is 2.29. The molecule has 1 heterocycles. The number of hydrogen-bond donors (Lipinski definition) is 1. The van der Waals surface area contributed by atoms with E-state index in [2.05, 4.69) is 48.2 Å². The molecule has 0 radical (unpaired) electrons. The molecule has 1 saturated heterocycles. The van der Waals surface area contributed by atoms with Crippen molar-refractivity contribution in [1.82, 2.24) is 4.90 Å². The number of nitrogens with zero attached hydrogens (tertiary/aromatic N) is 1. The average Bonchev–Trinajstić information content (AvgIpc) is 2.56. The van der Waals surface area contributed by atoms with Gasteiger partial charge in [0.2, 0.25) is 0 Å². The normalized spacial score (nSPS) is 22.6. The van der Waals surface area contributed by atoms with Crippen molar-refractivity contribution in [3.63, 3.8) is 0 Å². The molecule has 0 aliphatic carbocycles. The Morgan fingerprint density at radius 3 is 2.41 bits per heavy atom. The molecule has 1 atom stereocenters. The van der Waals surface area contributed by atoms with E-state index in [-0.39, 0.29) is 12.2 Å². The fourth-order valence-corrected chi connectivity index (χ4v) is 3.06. The molecule has 3 nitrogen and oxygen atoms in total. The Morgan fingerprint density at radius 2 is 1.73 bits per heavy atom. The highest BCUT2D eigenvalue weighted by molar-refractivity contribution is 5.24. The quantitative estimate of drug-likeness (QED) is 0.942. The molecule has 1 N–H and O–H groups in total. The topological polar surface area (TPSA) is 32.7 Å². The Morgan fingerprint density at radius 1 is 1.05 bits per heavy atom. The number of hydrogen-bond acceptors (Lipinski definition) is 3. The first-order valence-electron chi connectivity index (χ1n) is 7.80. The third-order valence-corrected chi connectivity index (χ3v) is 4.35. The van der Waals surface area contributed by atoms with Crippen LogP contribution in [0.3, 0.4) is 0 Å². The van der Waals surface area contributed by atoms with E-state index in [4.69, 9.17) is 9.84 Å². The highest BCUT2D eigenvalue weighted by atomic mass is 16.5. The van der Waals surface area contributed by atoms with E-state index >= 15 is 0 Å². The number of morpholine rings is 1. The summed E-state index contributed by atoms with van der Waals surface area (Å²) in [6, 6.07) is 18.6. The number of aliphatic hydroxyl groups excluding tert-OH is 1. The van der Waals surface area contributed by atoms with Gasteiger partial charge in [0.1, 0.15) is 5.60 Å². The van der Waals surface area contributed by atoms with Gasteiger partial charge in [0.25, 0.3) is 0 Å². The summed E-state index contributed by atoms with van der Waals surface area (Å²) in [5.74, 6) is 0. The summed E-state index contributed by atoms with van der Waals surface area (Å²) < 4.78 is 6.08. The molecule has 1 aliphatic heterocycles. The van der Waals surface area contributed by atoms with Crippen molar-refractivity contribution >= 4 is 0 Å². The van der Waals surface area contributed by atoms with Crippen LogP contribution in [0.4, 0.5) is 0 Å². The monoisotopic (exact) mass is 297 g/mol.